The maximum Gasteiger partial charge on any atom is 0.416 e. The molecule has 1 aromatic carbocycles. The minimum Gasteiger partial charge on any atom is -0.353 e. The van der Waals surface area contributed by atoms with Crippen LogP contribution in [0, 0.1) is 0 Å². The molecule has 1 aliphatic heterocycles. The standard InChI is InChI=1S/C16H20F3N3/c1-22-8-2-7-20-15(22)21-14-9-12(10-14)11-3-5-13(6-4-11)16(17,18)19/h3-6,12,14H,2,7-10H2,1H3,(H,20,21). The number of alkyl halides is 3. The Morgan fingerprint density at radius 1 is 1.18 bits per heavy atom. The first kappa shape index (κ1) is 15.2. The van der Waals surface area contributed by atoms with Crippen molar-refractivity contribution in [3.63, 3.8) is 0 Å². The van der Waals surface area contributed by atoms with E-state index in [1.807, 2.05) is 7.05 Å². The van der Waals surface area contributed by atoms with Gasteiger partial charge in [0.1, 0.15) is 0 Å². The van der Waals surface area contributed by atoms with Gasteiger partial charge in [-0.05, 0) is 42.9 Å². The Morgan fingerprint density at radius 2 is 1.86 bits per heavy atom. The Hall–Kier alpha value is -1.72. The Labute approximate surface area is 128 Å². The first-order chi connectivity index (χ1) is 10.4. The first-order valence-corrected chi connectivity index (χ1v) is 7.63. The average molecular weight is 311 g/mol. The molecule has 0 saturated heterocycles. The molecule has 120 valence electrons. The highest BCUT2D eigenvalue weighted by atomic mass is 19.4. The van der Waals surface area contributed by atoms with Crippen LogP contribution in [0.2, 0.25) is 0 Å². The number of guanidine groups is 1. The maximum absolute atomic E-state index is 12.5. The van der Waals surface area contributed by atoms with E-state index < -0.39 is 11.7 Å². The van der Waals surface area contributed by atoms with Crippen molar-refractivity contribution >= 4 is 5.96 Å². The monoisotopic (exact) mass is 311 g/mol. The van der Waals surface area contributed by atoms with Gasteiger partial charge in [-0.2, -0.15) is 13.2 Å². The summed E-state index contributed by atoms with van der Waals surface area (Å²) in [5, 5.41) is 3.44. The van der Waals surface area contributed by atoms with Crippen LogP contribution in [-0.2, 0) is 6.18 Å². The van der Waals surface area contributed by atoms with E-state index in [1.165, 1.54) is 12.1 Å². The number of aliphatic imine (C=N–C) groups is 1. The van der Waals surface area contributed by atoms with Crippen LogP contribution >= 0.6 is 0 Å². The predicted octanol–water partition coefficient (Wildman–Crippen LogP) is 3.23. The third-order valence-corrected chi connectivity index (χ3v) is 4.46. The van der Waals surface area contributed by atoms with Gasteiger partial charge in [-0.15, -0.1) is 0 Å². The lowest BCUT2D eigenvalue weighted by molar-refractivity contribution is -0.137. The van der Waals surface area contributed by atoms with Crippen LogP contribution in [0.5, 0.6) is 0 Å². The van der Waals surface area contributed by atoms with Crippen LogP contribution in [0.1, 0.15) is 36.3 Å². The topological polar surface area (TPSA) is 27.6 Å². The van der Waals surface area contributed by atoms with Gasteiger partial charge in [-0.25, -0.2) is 0 Å². The van der Waals surface area contributed by atoms with E-state index >= 15 is 0 Å². The van der Waals surface area contributed by atoms with Crippen LogP contribution in [0.15, 0.2) is 29.3 Å². The zero-order valence-corrected chi connectivity index (χ0v) is 12.5. The van der Waals surface area contributed by atoms with Crippen molar-refractivity contribution in [2.24, 2.45) is 4.99 Å². The molecule has 0 amide bonds. The molecule has 1 N–H and O–H groups in total. The lowest BCUT2D eigenvalue weighted by Crippen LogP contribution is -2.50. The zero-order chi connectivity index (χ0) is 15.7. The normalized spacial score (nSPS) is 25.5. The lowest BCUT2D eigenvalue weighted by atomic mass is 9.76. The fraction of sp³-hybridized carbons (Fsp3) is 0.562. The SMILES string of the molecule is CN1CCCN=C1NC1CC(c2ccc(C(F)(F)F)cc2)C1. The number of benzene rings is 1. The Morgan fingerprint density at radius 3 is 2.45 bits per heavy atom. The molecule has 0 radical (unpaired) electrons. The molecule has 1 fully saturated rings. The molecular weight excluding hydrogens is 291 g/mol. The molecule has 3 rings (SSSR count). The van der Waals surface area contributed by atoms with Crippen molar-refractivity contribution in [3.8, 4) is 0 Å². The highest BCUT2D eigenvalue weighted by Crippen LogP contribution is 2.38. The first-order valence-electron chi connectivity index (χ1n) is 7.63. The van der Waals surface area contributed by atoms with E-state index in [2.05, 4.69) is 15.2 Å². The van der Waals surface area contributed by atoms with Crippen LogP contribution in [0.4, 0.5) is 13.2 Å². The average Bonchev–Trinajstić information content (AvgIpc) is 2.43. The molecule has 1 heterocycles. The molecule has 6 heteroatoms. The summed E-state index contributed by atoms with van der Waals surface area (Å²) in [7, 11) is 2.02. The lowest BCUT2D eigenvalue weighted by Gasteiger charge is -2.39. The predicted molar refractivity (Wildman–Crippen MR) is 79.9 cm³/mol. The minimum atomic E-state index is -4.26. The van der Waals surface area contributed by atoms with Gasteiger partial charge in [0, 0.05) is 26.2 Å². The van der Waals surface area contributed by atoms with Crippen LogP contribution < -0.4 is 5.32 Å². The van der Waals surface area contributed by atoms with Gasteiger partial charge in [0.25, 0.3) is 0 Å². The minimum absolute atomic E-state index is 0.342. The van der Waals surface area contributed by atoms with Crippen molar-refractivity contribution in [1.82, 2.24) is 10.2 Å². The molecule has 1 aliphatic carbocycles. The van der Waals surface area contributed by atoms with Crippen LogP contribution in [0.3, 0.4) is 0 Å². The zero-order valence-electron chi connectivity index (χ0n) is 12.5. The van der Waals surface area contributed by atoms with E-state index in [9.17, 15) is 13.2 Å². The summed E-state index contributed by atoms with van der Waals surface area (Å²) in [6.45, 7) is 1.88. The molecule has 22 heavy (non-hydrogen) atoms. The third-order valence-electron chi connectivity index (χ3n) is 4.46. The Balaban J connectivity index is 1.54. The molecule has 1 saturated carbocycles. The van der Waals surface area contributed by atoms with Crippen molar-refractivity contribution in [2.75, 3.05) is 20.1 Å². The van der Waals surface area contributed by atoms with E-state index in [4.69, 9.17) is 0 Å². The fourth-order valence-corrected chi connectivity index (χ4v) is 3.01. The van der Waals surface area contributed by atoms with Crippen molar-refractivity contribution in [3.05, 3.63) is 35.4 Å². The number of nitrogens with zero attached hydrogens (tertiary/aromatic N) is 2. The van der Waals surface area contributed by atoms with Crippen molar-refractivity contribution in [1.29, 1.82) is 0 Å². The Kier molecular flexibility index (Phi) is 4.02. The largest absolute Gasteiger partial charge is 0.416 e. The molecule has 0 unspecified atom stereocenters. The van der Waals surface area contributed by atoms with Crippen molar-refractivity contribution < 1.29 is 13.2 Å². The van der Waals surface area contributed by atoms with Gasteiger partial charge in [-0.3, -0.25) is 4.99 Å². The summed E-state index contributed by atoms with van der Waals surface area (Å²) in [6.07, 6.45) is -1.29. The summed E-state index contributed by atoms with van der Waals surface area (Å²) < 4.78 is 37.6. The van der Waals surface area contributed by atoms with Gasteiger partial charge in [0.2, 0.25) is 0 Å². The second-order valence-corrected chi connectivity index (χ2v) is 6.11. The van der Waals surface area contributed by atoms with Gasteiger partial charge in [0.05, 0.1) is 5.56 Å². The van der Waals surface area contributed by atoms with E-state index in [1.54, 1.807) is 12.1 Å². The van der Waals surface area contributed by atoms with E-state index in [0.29, 0.717) is 12.0 Å². The molecule has 0 aromatic heterocycles. The number of nitrogens with one attached hydrogen (secondary N) is 1. The van der Waals surface area contributed by atoms with Crippen LogP contribution in [0.25, 0.3) is 0 Å². The molecular formula is C16H20F3N3. The molecule has 0 spiro atoms. The third kappa shape index (κ3) is 3.20. The van der Waals surface area contributed by atoms with Gasteiger partial charge >= 0.3 is 6.18 Å². The van der Waals surface area contributed by atoms with E-state index in [0.717, 1.165) is 43.9 Å². The van der Waals surface area contributed by atoms with Gasteiger partial charge in [-0.1, -0.05) is 12.1 Å². The number of halogens is 3. The van der Waals surface area contributed by atoms with E-state index in [-0.39, 0.29) is 0 Å². The van der Waals surface area contributed by atoms with Crippen LogP contribution in [-0.4, -0.2) is 37.0 Å². The number of rotatable bonds is 2. The van der Waals surface area contributed by atoms with Gasteiger partial charge in [0.15, 0.2) is 5.96 Å². The van der Waals surface area contributed by atoms with Crippen molar-refractivity contribution in [2.45, 2.75) is 37.4 Å². The summed E-state index contributed by atoms with van der Waals surface area (Å²) in [5.41, 5.74) is 0.411. The van der Waals surface area contributed by atoms with Gasteiger partial charge < -0.3 is 10.2 Å². The summed E-state index contributed by atoms with van der Waals surface area (Å²) in [4.78, 5) is 6.60. The number of hydrogen-bond acceptors (Lipinski definition) is 3. The fourth-order valence-electron chi connectivity index (χ4n) is 3.01. The molecule has 1 aromatic rings. The second-order valence-electron chi connectivity index (χ2n) is 6.11. The highest BCUT2D eigenvalue weighted by Gasteiger charge is 2.33. The molecule has 0 bridgehead atoms. The highest BCUT2D eigenvalue weighted by molar-refractivity contribution is 5.80. The maximum atomic E-state index is 12.5. The summed E-state index contributed by atoms with van der Waals surface area (Å²) >= 11 is 0. The quantitative estimate of drug-likeness (QED) is 0.908. The summed E-state index contributed by atoms with van der Waals surface area (Å²) in [5.74, 6) is 1.29. The Bertz CT molecular complexity index is 545. The molecule has 3 nitrogen and oxygen atoms in total. The number of hydrogen-bond donors (Lipinski definition) is 1. The smallest absolute Gasteiger partial charge is 0.353 e. The second kappa shape index (κ2) is 5.82. The molecule has 2 aliphatic rings. The molecule has 0 atom stereocenters. The summed E-state index contributed by atoms with van der Waals surface area (Å²) in [6, 6.07) is 5.93.